The van der Waals surface area contributed by atoms with Gasteiger partial charge in [0.2, 0.25) is 0 Å². The summed E-state index contributed by atoms with van der Waals surface area (Å²) >= 11 is 0. The standard InChI is InChI=1S/C14H26O2/c1-7-9-10-11-13(8-2)15-16-14(5,6)12(3)4/h12-13H,7-9H2,1-6H3. The van der Waals surface area contributed by atoms with Gasteiger partial charge in [0, 0.05) is 6.42 Å². The third kappa shape index (κ3) is 6.15. The first kappa shape index (κ1) is 15.5. The predicted octanol–water partition coefficient (Wildman–Crippen LogP) is 3.95. The molecule has 0 N–H and O–H groups in total. The van der Waals surface area contributed by atoms with Crippen LogP contribution in [0.3, 0.4) is 0 Å². The molecule has 0 saturated carbocycles. The highest BCUT2D eigenvalue weighted by Crippen LogP contribution is 2.21. The zero-order chi connectivity index (χ0) is 12.6. The molecular formula is C14H26O2. The maximum Gasteiger partial charge on any atom is 0.153 e. The van der Waals surface area contributed by atoms with E-state index in [2.05, 4.69) is 39.5 Å². The van der Waals surface area contributed by atoms with Gasteiger partial charge < -0.3 is 0 Å². The van der Waals surface area contributed by atoms with Crippen LogP contribution in [0, 0.1) is 17.8 Å². The third-order valence-corrected chi connectivity index (χ3v) is 2.78. The van der Waals surface area contributed by atoms with Gasteiger partial charge in [0.05, 0.1) is 0 Å². The summed E-state index contributed by atoms with van der Waals surface area (Å²) in [5, 5.41) is 0. The number of hydrogen-bond acceptors (Lipinski definition) is 2. The Morgan fingerprint density at radius 1 is 1.19 bits per heavy atom. The lowest BCUT2D eigenvalue weighted by molar-refractivity contribution is -0.376. The van der Waals surface area contributed by atoms with Gasteiger partial charge in [0.1, 0.15) is 5.60 Å². The van der Waals surface area contributed by atoms with Crippen LogP contribution < -0.4 is 0 Å². The van der Waals surface area contributed by atoms with Crippen molar-refractivity contribution in [1.82, 2.24) is 0 Å². The average Bonchev–Trinajstić information content (AvgIpc) is 2.23. The second kappa shape index (κ2) is 7.70. The van der Waals surface area contributed by atoms with Gasteiger partial charge in [-0.15, -0.1) is 5.92 Å². The van der Waals surface area contributed by atoms with E-state index in [-0.39, 0.29) is 11.7 Å². The molecule has 1 unspecified atom stereocenters. The average molecular weight is 226 g/mol. The molecule has 94 valence electrons. The second-order valence-electron chi connectivity index (χ2n) is 4.91. The van der Waals surface area contributed by atoms with Crippen LogP contribution in [0.2, 0.25) is 0 Å². The van der Waals surface area contributed by atoms with Crippen LogP contribution >= 0.6 is 0 Å². The number of hydrogen-bond donors (Lipinski definition) is 0. The highest BCUT2D eigenvalue weighted by molar-refractivity contribution is 5.04. The lowest BCUT2D eigenvalue weighted by Gasteiger charge is -2.28. The quantitative estimate of drug-likeness (QED) is 0.388. The first-order valence-electron chi connectivity index (χ1n) is 6.26. The molecule has 16 heavy (non-hydrogen) atoms. The Labute approximate surface area is 101 Å². The molecule has 0 aromatic carbocycles. The van der Waals surface area contributed by atoms with Gasteiger partial charge in [-0.25, -0.2) is 9.78 Å². The fourth-order valence-corrected chi connectivity index (χ4v) is 0.783. The van der Waals surface area contributed by atoms with Crippen molar-refractivity contribution in [1.29, 1.82) is 0 Å². The minimum absolute atomic E-state index is 0.107. The monoisotopic (exact) mass is 226 g/mol. The van der Waals surface area contributed by atoms with E-state index in [1.54, 1.807) is 0 Å². The van der Waals surface area contributed by atoms with Crippen LogP contribution in [0.4, 0.5) is 0 Å². The molecule has 2 heteroatoms. The lowest BCUT2D eigenvalue weighted by Crippen LogP contribution is -2.32. The summed E-state index contributed by atoms with van der Waals surface area (Å²) in [6, 6.07) is 0. The molecular weight excluding hydrogens is 200 g/mol. The van der Waals surface area contributed by atoms with E-state index in [0.29, 0.717) is 5.92 Å². The third-order valence-electron chi connectivity index (χ3n) is 2.78. The van der Waals surface area contributed by atoms with Crippen molar-refractivity contribution in [3.05, 3.63) is 0 Å². The van der Waals surface area contributed by atoms with Crippen molar-refractivity contribution in [2.45, 2.75) is 72.5 Å². The van der Waals surface area contributed by atoms with E-state index in [4.69, 9.17) is 9.78 Å². The Hall–Kier alpha value is -0.520. The highest BCUT2D eigenvalue weighted by atomic mass is 17.2. The fraction of sp³-hybridized carbons (Fsp3) is 0.857. The molecule has 0 rings (SSSR count). The molecule has 0 aromatic heterocycles. The lowest BCUT2D eigenvalue weighted by atomic mass is 9.95. The van der Waals surface area contributed by atoms with Crippen molar-refractivity contribution in [2.24, 2.45) is 5.92 Å². The van der Waals surface area contributed by atoms with Crippen molar-refractivity contribution < 1.29 is 9.78 Å². The minimum Gasteiger partial charge on any atom is -0.229 e. The molecule has 0 heterocycles. The van der Waals surface area contributed by atoms with Crippen LogP contribution in [-0.4, -0.2) is 11.7 Å². The summed E-state index contributed by atoms with van der Waals surface area (Å²) in [5.74, 6) is 6.59. The van der Waals surface area contributed by atoms with Crippen LogP contribution in [0.25, 0.3) is 0 Å². The van der Waals surface area contributed by atoms with E-state index in [1.165, 1.54) is 0 Å². The van der Waals surface area contributed by atoms with Crippen LogP contribution in [-0.2, 0) is 9.78 Å². The van der Waals surface area contributed by atoms with Gasteiger partial charge in [-0.3, -0.25) is 0 Å². The molecule has 0 spiro atoms. The van der Waals surface area contributed by atoms with Gasteiger partial charge in [-0.2, -0.15) is 0 Å². The molecule has 0 aliphatic rings. The van der Waals surface area contributed by atoms with Crippen LogP contribution in [0.5, 0.6) is 0 Å². The maximum absolute atomic E-state index is 5.47. The number of unbranched alkanes of at least 4 members (excludes halogenated alkanes) is 1. The molecule has 0 bridgehead atoms. The van der Waals surface area contributed by atoms with E-state index in [1.807, 2.05) is 13.8 Å². The maximum atomic E-state index is 5.47. The van der Waals surface area contributed by atoms with Crippen molar-refractivity contribution in [3.63, 3.8) is 0 Å². The molecule has 1 atom stereocenters. The molecule has 2 nitrogen and oxygen atoms in total. The molecule has 0 saturated heterocycles. The molecule has 0 aromatic rings. The molecule has 0 fully saturated rings. The smallest absolute Gasteiger partial charge is 0.153 e. The van der Waals surface area contributed by atoms with Gasteiger partial charge in [0.25, 0.3) is 0 Å². The van der Waals surface area contributed by atoms with Gasteiger partial charge in [-0.05, 0) is 32.6 Å². The van der Waals surface area contributed by atoms with E-state index in [9.17, 15) is 0 Å². The van der Waals surface area contributed by atoms with Crippen molar-refractivity contribution in [2.75, 3.05) is 0 Å². The zero-order valence-corrected chi connectivity index (χ0v) is 11.6. The van der Waals surface area contributed by atoms with Gasteiger partial charge in [0.15, 0.2) is 6.10 Å². The normalized spacial score (nSPS) is 13.4. The number of rotatable bonds is 6. The second-order valence-corrected chi connectivity index (χ2v) is 4.91. The Morgan fingerprint density at radius 3 is 2.25 bits per heavy atom. The summed E-state index contributed by atoms with van der Waals surface area (Å²) in [4.78, 5) is 10.9. The van der Waals surface area contributed by atoms with Gasteiger partial charge >= 0.3 is 0 Å². The summed E-state index contributed by atoms with van der Waals surface area (Å²) in [6.07, 6.45) is 2.75. The molecule has 0 aliphatic heterocycles. The van der Waals surface area contributed by atoms with E-state index >= 15 is 0 Å². The Kier molecular flexibility index (Phi) is 7.45. The summed E-state index contributed by atoms with van der Waals surface area (Å²) in [5.41, 5.74) is -0.264. The van der Waals surface area contributed by atoms with Crippen molar-refractivity contribution in [3.8, 4) is 11.8 Å². The topological polar surface area (TPSA) is 18.5 Å². The Balaban J connectivity index is 4.11. The molecule has 0 radical (unpaired) electrons. The fourth-order valence-electron chi connectivity index (χ4n) is 0.783. The zero-order valence-electron chi connectivity index (χ0n) is 11.6. The summed E-state index contributed by atoms with van der Waals surface area (Å²) in [6.45, 7) is 12.5. The SMILES string of the molecule is CCCC#CC(CC)OOC(C)(C)C(C)C. The summed E-state index contributed by atoms with van der Waals surface area (Å²) in [7, 11) is 0. The van der Waals surface area contributed by atoms with E-state index < -0.39 is 0 Å². The van der Waals surface area contributed by atoms with Crippen LogP contribution in [0.1, 0.15) is 60.8 Å². The first-order chi connectivity index (χ1) is 7.44. The molecule has 0 aliphatic carbocycles. The van der Waals surface area contributed by atoms with Gasteiger partial charge in [-0.1, -0.05) is 33.6 Å². The van der Waals surface area contributed by atoms with E-state index in [0.717, 1.165) is 19.3 Å². The summed E-state index contributed by atoms with van der Waals surface area (Å²) < 4.78 is 0. The van der Waals surface area contributed by atoms with Crippen LogP contribution in [0.15, 0.2) is 0 Å². The highest BCUT2D eigenvalue weighted by Gasteiger charge is 2.25. The Bertz CT molecular complexity index is 233. The molecule has 0 amide bonds. The Morgan fingerprint density at radius 2 is 1.81 bits per heavy atom. The first-order valence-corrected chi connectivity index (χ1v) is 6.26. The predicted molar refractivity (Wildman–Crippen MR) is 67.9 cm³/mol. The largest absolute Gasteiger partial charge is 0.229 e. The minimum atomic E-state index is -0.264. The van der Waals surface area contributed by atoms with Crippen molar-refractivity contribution >= 4 is 0 Å².